The minimum absolute atomic E-state index is 0.0553. The second kappa shape index (κ2) is 7.60. The predicted molar refractivity (Wildman–Crippen MR) is 103 cm³/mol. The van der Waals surface area contributed by atoms with Gasteiger partial charge in [0, 0.05) is 5.39 Å². The number of rotatable bonds is 5. The molecule has 2 N–H and O–H groups in total. The van der Waals surface area contributed by atoms with Gasteiger partial charge in [0.15, 0.2) is 0 Å². The van der Waals surface area contributed by atoms with Crippen LogP contribution >= 0.6 is 0 Å². The van der Waals surface area contributed by atoms with Crippen molar-refractivity contribution < 1.29 is 21.6 Å². The normalized spacial score (nSPS) is 12.4. The third-order valence-corrected chi connectivity index (χ3v) is 5.36. The fraction of sp³-hybridized carbons (Fsp3) is 0.263. The van der Waals surface area contributed by atoms with E-state index in [0.29, 0.717) is 16.6 Å². The zero-order chi connectivity index (χ0) is 21.4. The first-order valence-electron chi connectivity index (χ1n) is 8.67. The van der Waals surface area contributed by atoms with Gasteiger partial charge in [-0.05, 0) is 43.5 Å². The lowest BCUT2D eigenvalue weighted by molar-refractivity contribution is -0.137. The highest BCUT2D eigenvalue weighted by Crippen LogP contribution is 2.32. The molecule has 0 amide bonds. The quantitative estimate of drug-likeness (QED) is 0.680. The number of hydrogen-bond acceptors (Lipinski definition) is 4. The SMILES string of the molecule is Cc1ccccc1-n1c(=O)nc(CCCS(N)(=O)=O)c2ccc(C(F)(F)F)cc21. The molecule has 3 rings (SSSR count). The van der Waals surface area contributed by atoms with E-state index >= 15 is 0 Å². The van der Waals surface area contributed by atoms with E-state index < -0.39 is 27.5 Å². The maximum Gasteiger partial charge on any atom is 0.416 e. The number of para-hydroxylation sites is 1. The minimum atomic E-state index is -4.59. The highest BCUT2D eigenvalue weighted by atomic mass is 32.2. The Morgan fingerprint density at radius 2 is 1.83 bits per heavy atom. The third-order valence-electron chi connectivity index (χ3n) is 4.50. The molecule has 0 saturated carbocycles. The minimum Gasteiger partial charge on any atom is -0.260 e. The molecule has 0 fully saturated rings. The van der Waals surface area contributed by atoms with Gasteiger partial charge in [0.1, 0.15) is 0 Å². The first kappa shape index (κ1) is 21.0. The van der Waals surface area contributed by atoms with E-state index in [1.165, 1.54) is 6.07 Å². The fourth-order valence-electron chi connectivity index (χ4n) is 3.14. The topological polar surface area (TPSA) is 95.0 Å². The van der Waals surface area contributed by atoms with Crippen molar-refractivity contribution in [3.8, 4) is 5.69 Å². The van der Waals surface area contributed by atoms with Crippen LogP contribution in [0, 0.1) is 6.92 Å². The molecule has 1 heterocycles. The number of sulfonamides is 1. The molecule has 0 atom stereocenters. The van der Waals surface area contributed by atoms with Crippen LogP contribution in [-0.4, -0.2) is 23.7 Å². The van der Waals surface area contributed by atoms with Crippen molar-refractivity contribution in [1.82, 2.24) is 9.55 Å². The lowest BCUT2D eigenvalue weighted by Gasteiger charge is -2.16. The smallest absolute Gasteiger partial charge is 0.260 e. The maximum atomic E-state index is 13.3. The summed E-state index contributed by atoms with van der Waals surface area (Å²) in [4.78, 5) is 16.8. The number of nitrogens with two attached hydrogens (primary N) is 1. The Bertz CT molecular complexity index is 1230. The number of benzene rings is 2. The lowest BCUT2D eigenvalue weighted by Crippen LogP contribution is -2.25. The molecule has 3 aromatic rings. The zero-order valence-corrected chi connectivity index (χ0v) is 16.2. The number of aromatic nitrogens is 2. The second-order valence-electron chi connectivity index (χ2n) is 6.66. The highest BCUT2D eigenvalue weighted by Gasteiger charge is 2.31. The van der Waals surface area contributed by atoms with Crippen LogP contribution < -0.4 is 10.8 Å². The van der Waals surface area contributed by atoms with Gasteiger partial charge >= 0.3 is 11.9 Å². The summed E-state index contributed by atoms with van der Waals surface area (Å²) in [5.41, 5.74) is -0.236. The van der Waals surface area contributed by atoms with Gasteiger partial charge in [-0.1, -0.05) is 24.3 Å². The monoisotopic (exact) mass is 425 g/mol. The van der Waals surface area contributed by atoms with Gasteiger partial charge in [0.25, 0.3) is 0 Å². The molecule has 2 aromatic carbocycles. The number of alkyl halides is 3. The van der Waals surface area contributed by atoms with E-state index in [0.717, 1.165) is 16.7 Å². The molecule has 0 saturated heterocycles. The Morgan fingerprint density at radius 1 is 1.14 bits per heavy atom. The van der Waals surface area contributed by atoms with Gasteiger partial charge in [-0.25, -0.2) is 18.4 Å². The number of fused-ring (bicyclic) bond motifs is 1. The standard InChI is InChI=1S/C19H18F3N3O3S/c1-12-5-2-3-7-16(12)25-17-11-13(19(20,21)22)8-9-14(17)15(24-18(25)26)6-4-10-29(23,27)28/h2-3,5,7-9,11H,4,6,10H2,1H3,(H2,23,27,28). The molecule has 29 heavy (non-hydrogen) atoms. The second-order valence-corrected chi connectivity index (χ2v) is 8.40. The van der Waals surface area contributed by atoms with E-state index in [4.69, 9.17) is 5.14 Å². The average Bonchev–Trinajstić information content (AvgIpc) is 2.60. The molecule has 6 nitrogen and oxygen atoms in total. The van der Waals surface area contributed by atoms with Gasteiger partial charge in [-0.2, -0.15) is 18.2 Å². The van der Waals surface area contributed by atoms with E-state index in [9.17, 15) is 26.4 Å². The van der Waals surface area contributed by atoms with Crippen molar-refractivity contribution in [1.29, 1.82) is 0 Å². The van der Waals surface area contributed by atoms with Crippen LogP contribution in [0.4, 0.5) is 13.2 Å². The fourth-order valence-corrected chi connectivity index (χ4v) is 3.69. The molecular formula is C19H18F3N3O3S. The van der Waals surface area contributed by atoms with Crippen molar-refractivity contribution >= 4 is 20.9 Å². The van der Waals surface area contributed by atoms with E-state index in [1.807, 2.05) is 0 Å². The van der Waals surface area contributed by atoms with Crippen LogP contribution in [0.15, 0.2) is 47.3 Å². The van der Waals surface area contributed by atoms with Crippen LogP contribution in [0.25, 0.3) is 16.6 Å². The summed E-state index contributed by atoms with van der Waals surface area (Å²) in [6.45, 7) is 1.74. The maximum absolute atomic E-state index is 13.3. The van der Waals surface area contributed by atoms with E-state index in [-0.39, 0.29) is 29.8 Å². The molecule has 0 aliphatic heterocycles. The van der Waals surface area contributed by atoms with Gasteiger partial charge < -0.3 is 0 Å². The van der Waals surface area contributed by atoms with Crippen LogP contribution in [0.1, 0.15) is 23.2 Å². The van der Waals surface area contributed by atoms with Crippen molar-refractivity contribution in [2.75, 3.05) is 5.75 Å². The summed E-state index contributed by atoms with van der Waals surface area (Å²) in [5, 5.41) is 5.33. The first-order chi connectivity index (χ1) is 13.5. The van der Waals surface area contributed by atoms with E-state index in [1.54, 1.807) is 31.2 Å². The number of aryl methyl sites for hydroxylation is 2. The van der Waals surface area contributed by atoms with Gasteiger partial charge in [0.05, 0.1) is 28.2 Å². The highest BCUT2D eigenvalue weighted by molar-refractivity contribution is 7.89. The Morgan fingerprint density at radius 3 is 2.45 bits per heavy atom. The van der Waals surface area contributed by atoms with Crippen LogP contribution in [0.3, 0.4) is 0 Å². The summed E-state index contributed by atoms with van der Waals surface area (Å²) < 4.78 is 63.3. The van der Waals surface area contributed by atoms with Crippen molar-refractivity contribution in [2.45, 2.75) is 25.9 Å². The van der Waals surface area contributed by atoms with Gasteiger partial charge in [-0.15, -0.1) is 0 Å². The average molecular weight is 425 g/mol. The van der Waals surface area contributed by atoms with Gasteiger partial charge in [0.2, 0.25) is 10.0 Å². The molecule has 154 valence electrons. The number of halogens is 3. The Kier molecular flexibility index (Phi) is 5.50. The molecule has 10 heteroatoms. The summed E-state index contributed by atoms with van der Waals surface area (Å²) in [6, 6.07) is 9.87. The summed E-state index contributed by atoms with van der Waals surface area (Å²) in [5.74, 6) is -0.322. The molecule has 0 spiro atoms. The zero-order valence-electron chi connectivity index (χ0n) is 15.4. The summed E-state index contributed by atoms with van der Waals surface area (Å²) >= 11 is 0. The molecule has 0 radical (unpaired) electrons. The third kappa shape index (κ3) is 4.65. The molecule has 0 unspecified atom stereocenters. The van der Waals surface area contributed by atoms with Crippen molar-refractivity contribution in [2.24, 2.45) is 5.14 Å². The molecule has 0 aliphatic carbocycles. The lowest BCUT2D eigenvalue weighted by atomic mass is 10.1. The molecule has 0 aliphatic rings. The Labute approximate surface area is 164 Å². The summed E-state index contributed by atoms with van der Waals surface area (Å²) in [6.07, 6.45) is -4.41. The number of hydrogen-bond donors (Lipinski definition) is 1. The summed E-state index contributed by atoms with van der Waals surface area (Å²) in [7, 11) is -3.70. The van der Waals surface area contributed by atoms with Crippen molar-refractivity contribution in [3.63, 3.8) is 0 Å². The predicted octanol–water partition coefficient (Wildman–Crippen LogP) is 2.93. The molecular weight excluding hydrogens is 407 g/mol. The largest absolute Gasteiger partial charge is 0.416 e. The van der Waals surface area contributed by atoms with Gasteiger partial charge in [-0.3, -0.25) is 4.57 Å². The molecule has 0 bridgehead atoms. The Hall–Kier alpha value is -2.72. The Balaban J connectivity index is 2.25. The molecule has 1 aromatic heterocycles. The number of primary sulfonamides is 1. The van der Waals surface area contributed by atoms with E-state index in [2.05, 4.69) is 4.98 Å². The van der Waals surface area contributed by atoms with Crippen molar-refractivity contribution in [3.05, 3.63) is 69.8 Å². The van der Waals surface area contributed by atoms with Crippen LogP contribution in [0.5, 0.6) is 0 Å². The van der Waals surface area contributed by atoms with Crippen LogP contribution in [-0.2, 0) is 22.6 Å². The van der Waals surface area contributed by atoms with Crippen LogP contribution in [0.2, 0.25) is 0 Å². The number of nitrogens with zero attached hydrogens (tertiary/aromatic N) is 2. The first-order valence-corrected chi connectivity index (χ1v) is 10.4.